The highest BCUT2D eigenvalue weighted by molar-refractivity contribution is 6.08. The van der Waals surface area contributed by atoms with Gasteiger partial charge in [0.2, 0.25) is 0 Å². The summed E-state index contributed by atoms with van der Waals surface area (Å²) in [5.41, 5.74) is 3.83. The number of carbonyl (C=O) groups is 1. The summed E-state index contributed by atoms with van der Waals surface area (Å²) in [5.74, 6) is -0.0401. The van der Waals surface area contributed by atoms with E-state index < -0.39 is 0 Å². The Balaban J connectivity index is 1.64. The third-order valence-corrected chi connectivity index (χ3v) is 4.40. The molecule has 0 saturated carbocycles. The average molecular weight is 330 g/mol. The molecule has 0 saturated heterocycles. The van der Waals surface area contributed by atoms with Gasteiger partial charge in [0.25, 0.3) is 5.91 Å². The van der Waals surface area contributed by atoms with Crippen molar-refractivity contribution >= 4 is 17.3 Å². The van der Waals surface area contributed by atoms with Gasteiger partial charge in [-0.3, -0.25) is 4.79 Å². The van der Waals surface area contributed by atoms with E-state index in [1.54, 1.807) is 12.3 Å². The zero-order valence-electron chi connectivity index (χ0n) is 13.7. The molecule has 124 valence electrons. The van der Waals surface area contributed by atoms with E-state index >= 15 is 0 Å². The number of benzene rings is 2. The van der Waals surface area contributed by atoms with E-state index in [1.807, 2.05) is 29.2 Å². The number of amides is 1. The Kier molecular flexibility index (Phi) is 4.12. The molecule has 1 aliphatic rings. The van der Waals surface area contributed by atoms with Crippen molar-refractivity contribution in [3.8, 4) is 0 Å². The predicted molar refractivity (Wildman–Crippen MR) is 97.6 cm³/mol. The Labute approximate surface area is 146 Å². The summed E-state index contributed by atoms with van der Waals surface area (Å²) in [6, 6.07) is 20.1. The van der Waals surface area contributed by atoms with Crippen molar-refractivity contribution in [3.05, 3.63) is 84.2 Å². The summed E-state index contributed by atoms with van der Waals surface area (Å²) in [6.45, 7) is 2.26. The normalized spacial score (nSPS) is 13.4. The molecule has 2 heterocycles. The van der Waals surface area contributed by atoms with Crippen molar-refractivity contribution in [1.29, 1.82) is 0 Å². The molecule has 5 heteroatoms. The van der Waals surface area contributed by atoms with Crippen molar-refractivity contribution < 1.29 is 4.79 Å². The fraction of sp³-hybridized carbons (Fsp3) is 0.150. The van der Waals surface area contributed by atoms with Crippen LogP contribution in [0.4, 0.5) is 11.4 Å². The first-order chi connectivity index (χ1) is 12.3. The molecular formula is C20H18N4O. The largest absolute Gasteiger partial charge is 0.364 e. The summed E-state index contributed by atoms with van der Waals surface area (Å²) < 4.78 is 0. The summed E-state index contributed by atoms with van der Waals surface area (Å²) in [6.07, 6.45) is 3.06. The summed E-state index contributed by atoms with van der Waals surface area (Å²) in [5, 5.41) is 7.57. The van der Waals surface area contributed by atoms with E-state index in [2.05, 4.69) is 45.4 Å². The van der Waals surface area contributed by atoms with E-state index in [4.69, 9.17) is 0 Å². The minimum absolute atomic E-state index is 0.0401. The number of hydrogen-bond donors (Lipinski definition) is 0. The van der Waals surface area contributed by atoms with Crippen LogP contribution in [0.5, 0.6) is 0 Å². The molecule has 0 atom stereocenters. The molecule has 4 rings (SSSR count). The number of rotatable bonds is 3. The molecule has 25 heavy (non-hydrogen) atoms. The number of carbonyl (C=O) groups excluding carboxylic acids is 1. The van der Waals surface area contributed by atoms with Gasteiger partial charge in [-0.1, -0.05) is 42.5 Å². The van der Waals surface area contributed by atoms with E-state index in [0.29, 0.717) is 12.1 Å². The highest BCUT2D eigenvalue weighted by atomic mass is 16.2. The maximum atomic E-state index is 12.9. The maximum Gasteiger partial charge on any atom is 0.260 e. The molecule has 0 unspecified atom stereocenters. The molecule has 0 bridgehead atoms. The van der Waals surface area contributed by atoms with E-state index in [9.17, 15) is 4.79 Å². The van der Waals surface area contributed by atoms with Gasteiger partial charge in [0.1, 0.15) is 0 Å². The van der Waals surface area contributed by atoms with Gasteiger partial charge < -0.3 is 9.80 Å². The highest BCUT2D eigenvalue weighted by Crippen LogP contribution is 2.34. The minimum atomic E-state index is -0.0401. The average Bonchev–Trinajstić information content (AvgIpc) is 2.69. The molecule has 0 aliphatic carbocycles. The molecular weight excluding hydrogens is 312 g/mol. The smallest absolute Gasteiger partial charge is 0.260 e. The second kappa shape index (κ2) is 6.73. The van der Waals surface area contributed by atoms with Gasteiger partial charge in [-0.25, -0.2) is 0 Å². The third kappa shape index (κ3) is 3.08. The summed E-state index contributed by atoms with van der Waals surface area (Å²) >= 11 is 0. The van der Waals surface area contributed by atoms with Crippen LogP contribution in [0.3, 0.4) is 0 Å². The van der Waals surface area contributed by atoms with Crippen LogP contribution in [0.25, 0.3) is 0 Å². The molecule has 5 nitrogen and oxygen atoms in total. The molecule has 0 fully saturated rings. The Morgan fingerprint density at radius 1 is 0.880 bits per heavy atom. The standard InChI is InChI=1S/C20H18N4O/c25-20(17-10-11-21-22-14-17)24-13-12-23(15-16-6-2-1-3-7-16)18-8-4-5-9-19(18)24/h1-11,14H,12-13,15H2. The fourth-order valence-electron chi connectivity index (χ4n) is 3.17. The highest BCUT2D eigenvalue weighted by Gasteiger charge is 2.27. The van der Waals surface area contributed by atoms with Crippen molar-refractivity contribution in [2.75, 3.05) is 22.9 Å². The molecule has 0 spiro atoms. The minimum Gasteiger partial charge on any atom is -0.364 e. The van der Waals surface area contributed by atoms with Crippen molar-refractivity contribution in [2.24, 2.45) is 0 Å². The van der Waals surface area contributed by atoms with Gasteiger partial charge in [0.05, 0.1) is 29.3 Å². The topological polar surface area (TPSA) is 49.3 Å². The van der Waals surface area contributed by atoms with Gasteiger partial charge in [0, 0.05) is 19.6 Å². The number of para-hydroxylation sites is 2. The molecule has 0 N–H and O–H groups in total. The Hall–Kier alpha value is -3.21. The first kappa shape index (κ1) is 15.3. The molecule has 1 aromatic heterocycles. The van der Waals surface area contributed by atoms with Gasteiger partial charge >= 0.3 is 0 Å². The number of aromatic nitrogens is 2. The van der Waals surface area contributed by atoms with Crippen LogP contribution in [-0.4, -0.2) is 29.2 Å². The molecule has 1 aliphatic heterocycles. The molecule has 0 radical (unpaired) electrons. The predicted octanol–water partition coefficient (Wildman–Crippen LogP) is 3.14. The second-order valence-electron chi connectivity index (χ2n) is 5.98. The lowest BCUT2D eigenvalue weighted by Gasteiger charge is -2.37. The maximum absolute atomic E-state index is 12.9. The lowest BCUT2D eigenvalue weighted by Crippen LogP contribution is -2.43. The quantitative estimate of drug-likeness (QED) is 0.740. The lowest BCUT2D eigenvalue weighted by atomic mass is 10.1. The van der Waals surface area contributed by atoms with Crippen LogP contribution in [0.1, 0.15) is 15.9 Å². The lowest BCUT2D eigenvalue weighted by molar-refractivity contribution is 0.0986. The van der Waals surface area contributed by atoms with Crippen LogP contribution >= 0.6 is 0 Å². The first-order valence-electron chi connectivity index (χ1n) is 8.29. The Bertz CT molecular complexity index is 867. The number of fused-ring (bicyclic) bond motifs is 1. The Morgan fingerprint density at radius 3 is 2.40 bits per heavy atom. The Morgan fingerprint density at radius 2 is 1.64 bits per heavy atom. The number of hydrogen-bond acceptors (Lipinski definition) is 4. The molecule has 1 amide bonds. The zero-order valence-corrected chi connectivity index (χ0v) is 13.7. The summed E-state index contributed by atoms with van der Waals surface area (Å²) in [4.78, 5) is 17.0. The van der Waals surface area contributed by atoms with Gasteiger partial charge in [-0.2, -0.15) is 10.2 Å². The van der Waals surface area contributed by atoms with Crippen LogP contribution in [0.15, 0.2) is 73.1 Å². The number of anilines is 2. The third-order valence-electron chi connectivity index (χ3n) is 4.40. The number of nitrogens with zero attached hydrogens (tertiary/aromatic N) is 4. The second-order valence-corrected chi connectivity index (χ2v) is 5.98. The molecule has 3 aromatic rings. The van der Waals surface area contributed by atoms with Crippen molar-refractivity contribution in [3.63, 3.8) is 0 Å². The van der Waals surface area contributed by atoms with E-state index in [0.717, 1.165) is 24.5 Å². The summed E-state index contributed by atoms with van der Waals surface area (Å²) in [7, 11) is 0. The zero-order chi connectivity index (χ0) is 17.1. The van der Waals surface area contributed by atoms with Gasteiger partial charge in [-0.15, -0.1) is 0 Å². The van der Waals surface area contributed by atoms with E-state index in [-0.39, 0.29) is 5.91 Å². The first-order valence-corrected chi connectivity index (χ1v) is 8.29. The molecule has 2 aromatic carbocycles. The van der Waals surface area contributed by atoms with Crippen LogP contribution in [0, 0.1) is 0 Å². The SMILES string of the molecule is O=C(c1ccnnc1)N1CCN(Cc2ccccc2)c2ccccc21. The van der Waals surface area contributed by atoms with Crippen molar-refractivity contribution in [1.82, 2.24) is 10.2 Å². The van der Waals surface area contributed by atoms with Crippen molar-refractivity contribution in [2.45, 2.75) is 6.54 Å². The fourth-order valence-corrected chi connectivity index (χ4v) is 3.17. The van der Waals surface area contributed by atoms with Gasteiger partial charge in [0.15, 0.2) is 0 Å². The van der Waals surface area contributed by atoms with Crippen LogP contribution in [0.2, 0.25) is 0 Å². The monoisotopic (exact) mass is 330 g/mol. The van der Waals surface area contributed by atoms with Crippen LogP contribution < -0.4 is 9.80 Å². The van der Waals surface area contributed by atoms with Crippen LogP contribution in [-0.2, 0) is 6.54 Å². The van der Waals surface area contributed by atoms with Gasteiger partial charge in [-0.05, 0) is 23.8 Å². The van der Waals surface area contributed by atoms with E-state index in [1.165, 1.54) is 11.8 Å².